The number of aryl methyl sites for hydroxylation is 1. The molecule has 0 N–H and O–H groups in total. The van der Waals surface area contributed by atoms with Gasteiger partial charge in [-0.15, -0.1) is 0 Å². The summed E-state index contributed by atoms with van der Waals surface area (Å²) in [6, 6.07) is 5.97. The van der Waals surface area contributed by atoms with Crippen LogP contribution in [0.3, 0.4) is 0 Å². The Morgan fingerprint density at radius 3 is 2.78 bits per heavy atom. The zero-order chi connectivity index (χ0) is 12.7. The van der Waals surface area contributed by atoms with Crippen molar-refractivity contribution in [1.82, 2.24) is 9.97 Å². The number of aromatic nitrogens is 2. The lowest BCUT2D eigenvalue weighted by molar-refractivity contribution is 0.415. The highest BCUT2D eigenvalue weighted by molar-refractivity contribution is 6.32. The number of benzene rings is 1. The summed E-state index contributed by atoms with van der Waals surface area (Å²) in [5.41, 5.74) is 4.04. The van der Waals surface area contributed by atoms with Crippen LogP contribution in [0.25, 0.3) is 11.3 Å². The van der Waals surface area contributed by atoms with E-state index >= 15 is 0 Å². The molecule has 0 saturated carbocycles. The number of hydrogen-bond donors (Lipinski definition) is 0. The Balaban J connectivity index is 2.26. The van der Waals surface area contributed by atoms with Crippen molar-refractivity contribution in [3.8, 4) is 17.0 Å². The van der Waals surface area contributed by atoms with Crippen molar-refractivity contribution in [2.45, 2.75) is 12.8 Å². The third-order valence-electron chi connectivity index (χ3n) is 3.15. The average Bonchev–Trinajstić information content (AvgIpc) is 2.37. The quantitative estimate of drug-likeness (QED) is 0.592. The van der Waals surface area contributed by atoms with Crippen molar-refractivity contribution in [3.05, 3.63) is 39.8 Å². The van der Waals surface area contributed by atoms with Crippen LogP contribution in [0.15, 0.2) is 18.2 Å². The maximum atomic E-state index is 6.12. The Morgan fingerprint density at radius 2 is 2.00 bits per heavy atom. The third-order valence-corrected chi connectivity index (χ3v) is 3.63. The van der Waals surface area contributed by atoms with E-state index in [9.17, 15) is 0 Å². The van der Waals surface area contributed by atoms with E-state index in [2.05, 4.69) is 16.0 Å². The zero-order valence-electron chi connectivity index (χ0n) is 9.70. The van der Waals surface area contributed by atoms with Crippen molar-refractivity contribution in [2.24, 2.45) is 0 Å². The summed E-state index contributed by atoms with van der Waals surface area (Å²) in [7, 11) is 1.64. The fraction of sp³-hybridized carbons (Fsp3) is 0.231. The molecule has 1 aromatic carbocycles. The fourth-order valence-electron chi connectivity index (χ4n) is 2.26. The van der Waals surface area contributed by atoms with Crippen LogP contribution in [-0.2, 0) is 12.8 Å². The van der Waals surface area contributed by atoms with Gasteiger partial charge in [-0.1, -0.05) is 17.7 Å². The van der Waals surface area contributed by atoms with Gasteiger partial charge in [-0.05, 0) is 42.1 Å². The smallest absolute Gasteiger partial charge is 0.224 e. The van der Waals surface area contributed by atoms with Gasteiger partial charge >= 0.3 is 0 Å². The SMILES string of the molecule is COc1ccc2c(c1)-c1nc(Cl)nc(Cl)c1CC2. The lowest BCUT2D eigenvalue weighted by Gasteiger charge is -2.20. The number of halogens is 2. The Bertz CT molecular complexity index is 629. The molecular weight excluding hydrogens is 271 g/mol. The average molecular weight is 281 g/mol. The summed E-state index contributed by atoms with van der Waals surface area (Å²) in [6.07, 6.45) is 1.77. The zero-order valence-corrected chi connectivity index (χ0v) is 11.2. The number of nitrogens with zero attached hydrogens (tertiary/aromatic N) is 2. The molecule has 18 heavy (non-hydrogen) atoms. The number of fused-ring (bicyclic) bond motifs is 3. The lowest BCUT2D eigenvalue weighted by Crippen LogP contribution is -2.08. The van der Waals surface area contributed by atoms with Crippen LogP contribution >= 0.6 is 23.2 Å². The van der Waals surface area contributed by atoms with E-state index in [1.165, 1.54) is 5.56 Å². The molecule has 1 aliphatic rings. The first-order valence-electron chi connectivity index (χ1n) is 5.58. The van der Waals surface area contributed by atoms with E-state index in [1.807, 2.05) is 12.1 Å². The standard InChI is InChI=1S/C13H10Cl2N2O/c1-18-8-4-2-7-3-5-9-11(10(7)6-8)16-13(15)17-12(9)14/h2,4,6H,3,5H2,1H3. The molecule has 0 unspecified atom stereocenters. The van der Waals surface area contributed by atoms with Crippen LogP contribution in [0.2, 0.25) is 10.4 Å². The van der Waals surface area contributed by atoms with Crippen molar-refractivity contribution < 1.29 is 4.74 Å². The molecule has 0 atom stereocenters. The van der Waals surface area contributed by atoms with Crippen molar-refractivity contribution in [1.29, 1.82) is 0 Å². The first-order chi connectivity index (χ1) is 8.69. The molecular formula is C13H10Cl2N2O. The minimum atomic E-state index is 0.175. The molecule has 5 heteroatoms. The highest BCUT2D eigenvalue weighted by atomic mass is 35.5. The van der Waals surface area contributed by atoms with E-state index < -0.39 is 0 Å². The van der Waals surface area contributed by atoms with E-state index in [-0.39, 0.29) is 5.28 Å². The molecule has 1 heterocycles. The highest BCUT2D eigenvalue weighted by Crippen LogP contribution is 2.37. The monoisotopic (exact) mass is 280 g/mol. The molecule has 0 aliphatic heterocycles. The molecule has 3 nitrogen and oxygen atoms in total. The Kier molecular flexibility index (Phi) is 2.88. The van der Waals surface area contributed by atoms with Gasteiger partial charge in [0.15, 0.2) is 0 Å². The van der Waals surface area contributed by atoms with Crippen LogP contribution in [-0.4, -0.2) is 17.1 Å². The molecule has 0 amide bonds. The van der Waals surface area contributed by atoms with Crippen LogP contribution in [0.5, 0.6) is 5.75 Å². The number of ether oxygens (including phenoxy) is 1. The maximum Gasteiger partial charge on any atom is 0.224 e. The second-order valence-electron chi connectivity index (χ2n) is 4.13. The minimum Gasteiger partial charge on any atom is -0.497 e. The maximum absolute atomic E-state index is 6.12. The first-order valence-corrected chi connectivity index (χ1v) is 6.34. The predicted octanol–water partition coefficient (Wildman–Crippen LogP) is 3.56. The van der Waals surface area contributed by atoms with Gasteiger partial charge in [-0.2, -0.15) is 0 Å². The van der Waals surface area contributed by atoms with E-state index in [1.54, 1.807) is 7.11 Å². The van der Waals surface area contributed by atoms with Gasteiger partial charge in [0.1, 0.15) is 10.9 Å². The summed E-state index contributed by atoms with van der Waals surface area (Å²) >= 11 is 12.0. The molecule has 3 rings (SSSR count). The lowest BCUT2D eigenvalue weighted by atomic mass is 9.90. The molecule has 0 spiro atoms. The summed E-state index contributed by atoms with van der Waals surface area (Å²) < 4.78 is 5.25. The normalized spacial score (nSPS) is 12.8. The van der Waals surface area contributed by atoms with E-state index in [4.69, 9.17) is 27.9 Å². The molecule has 1 aliphatic carbocycles. The van der Waals surface area contributed by atoms with Crippen LogP contribution in [0.1, 0.15) is 11.1 Å². The number of methoxy groups -OCH3 is 1. The van der Waals surface area contributed by atoms with Crippen LogP contribution in [0.4, 0.5) is 0 Å². The highest BCUT2D eigenvalue weighted by Gasteiger charge is 2.21. The number of rotatable bonds is 1. The molecule has 0 fully saturated rings. The predicted molar refractivity (Wildman–Crippen MR) is 71.4 cm³/mol. The fourth-order valence-corrected chi connectivity index (χ4v) is 2.73. The second-order valence-corrected chi connectivity index (χ2v) is 4.83. The van der Waals surface area contributed by atoms with Gasteiger partial charge < -0.3 is 4.74 Å². The van der Waals surface area contributed by atoms with Crippen LogP contribution in [0, 0.1) is 0 Å². The second kappa shape index (κ2) is 4.41. The summed E-state index contributed by atoms with van der Waals surface area (Å²) in [4.78, 5) is 8.30. The number of hydrogen-bond acceptors (Lipinski definition) is 3. The topological polar surface area (TPSA) is 35.0 Å². The molecule has 0 bridgehead atoms. The van der Waals surface area contributed by atoms with Crippen molar-refractivity contribution in [3.63, 3.8) is 0 Å². The van der Waals surface area contributed by atoms with Gasteiger partial charge in [0.05, 0.1) is 12.8 Å². The van der Waals surface area contributed by atoms with Crippen molar-refractivity contribution in [2.75, 3.05) is 7.11 Å². The van der Waals surface area contributed by atoms with Gasteiger partial charge in [-0.3, -0.25) is 0 Å². The first kappa shape index (κ1) is 11.8. The largest absolute Gasteiger partial charge is 0.497 e. The summed E-state index contributed by atoms with van der Waals surface area (Å²) in [5, 5.41) is 0.618. The van der Waals surface area contributed by atoms with E-state index in [0.717, 1.165) is 35.4 Å². The van der Waals surface area contributed by atoms with Gasteiger partial charge in [-0.25, -0.2) is 9.97 Å². The third kappa shape index (κ3) is 1.84. The summed E-state index contributed by atoms with van der Waals surface area (Å²) in [5.74, 6) is 0.799. The Hall–Kier alpha value is -1.32. The molecule has 92 valence electrons. The Morgan fingerprint density at radius 1 is 1.17 bits per heavy atom. The molecule has 2 aromatic rings. The van der Waals surface area contributed by atoms with Gasteiger partial charge in [0, 0.05) is 11.1 Å². The molecule has 1 aromatic heterocycles. The van der Waals surface area contributed by atoms with E-state index in [0.29, 0.717) is 5.15 Å². The summed E-state index contributed by atoms with van der Waals surface area (Å²) in [6.45, 7) is 0. The molecule has 0 radical (unpaired) electrons. The van der Waals surface area contributed by atoms with Gasteiger partial charge in [0.2, 0.25) is 5.28 Å². The Labute approximate surface area is 115 Å². The minimum absolute atomic E-state index is 0.175. The van der Waals surface area contributed by atoms with Crippen molar-refractivity contribution >= 4 is 23.2 Å². The van der Waals surface area contributed by atoms with Gasteiger partial charge in [0.25, 0.3) is 0 Å². The molecule has 0 saturated heterocycles. The van der Waals surface area contributed by atoms with Crippen LogP contribution < -0.4 is 4.74 Å².